The van der Waals surface area contributed by atoms with Crippen LogP contribution >= 0.6 is 35.7 Å². The summed E-state index contributed by atoms with van der Waals surface area (Å²) in [6, 6.07) is 0.755. The molecule has 0 radical (unpaired) electrons. The standard InChI is InChI=1S/C17H32N4S.HI/c1-18-17(19-13-15-6-11-22-12-7-15)21-10-5-16(14-21)20-8-3-2-4-9-20;/h15-16H,2-14H2,1H3,(H,18,19);1H. The van der Waals surface area contributed by atoms with Gasteiger partial charge in [0.1, 0.15) is 0 Å². The van der Waals surface area contributed by atoms with Crippen LogP contribution in [0.3, 0.4) is 0 Å². The number of piperidine rings is 1. The van der Waals surface area contributed by atoms with Crippen LogP contribution in [0.1, 0.15) is 38.5 Å². The van der Waals surface area contributed by atoms with Gasteiger partial charge in [-0.3, -0.25) is 9.89 Å². The molecule has 6 heteroatoms. The molecule has 3 saturated heterocycles. The number of halogens is 1. The Kier molecular flexibility index (Phi) is 8.82. The monoisotopic (exact) mass is 452 g/mol. The first-order valence-corrected chi connectivity index (χ1v) is 10.3. The quantitative estimate of drug-likeness (QED) is 0.406. The molecular formula is C17H33IN4S. The zero-order valence-electron chi connectivity index (χ0n) is 14.5. The summed E-state index contributed by atoms with van der Waals surface area (Å²) in [7, 11) is 1.94. The summed E-state index contributed by atoms with van der Waals surface area (Å²) in [4.78, 5) is 9.74. The maximum atomic E-state index is 4.54. The summed E-state index contributed by atoms with van der Waals surface area (Å²) >= 11 is 2.11. The Morgan fingerprint density at radius 3 is 2.52 bits per heavy atom. The number of nitrogens with zero attached hydrogens (tertiary/aromatic N) is 3. The molecule has 0 aromatic heterocycles. The molecule has 0 saturated carbocycles. The van der Waals surface area contributed by atoms with Crippen molar-refractivity contribution < 1.29 is 0 Å². The summed E-state index contributed by atoms with van der Waals surface area (Å²) < 4.78 is 0. The van der Waals surface area contributed by atoms with Crippen LogP contribution in [-0.4, -0.2) is 73.1 Å². The van der Waals surface area contributed by atoms with Gasteiger partial charge in [0.15, 0.2) is 5.96 Å². The Balaban J connectivity index is 0.00000192. The van der Waals surface area contributed by atoms with E-state index in [1.165, 1.54) is 76.2 Å². The fourth-order valence-electron chi connectivity index (χ4n) is 4.03. The van der Waals surface area contributed by atoms with Gasteiger partial charge in [0.05, 0.1) is 0 Å². The molecular weight excluding hydrogens is 419 g/mol. The largest absolute Gasteiger partial charge is 0.356 e. The second kappa shape index (κ2) is 10.3. The first-order chi connectivity index (χ1) is 10.9. The summed E-state index contributed by atoms with van der Waals surface area (Å²) in [6.07, 6.45) is 8.25. The highest BCUT2D eigenvalue weighted by Crippen LogP contribution is 2.23. The zero-order valence-corrected chi connectivity index (χ0v) is 17.7. The maximum Gasteiger partial charge on any atom is 0.193 e. The van der Waals surface area contributed by atoms with Gasteiger partial charge in [-0.05, 0) is 62.6 Å². The molecule has 0 spiro atoms. The topological polar surface area (TPSA) is 30.9 Å². The predicted molar refractivity (Wildman–Crippen MR) is 112 cm³/mol. The average molecular weight is 452 g/mol. The third kappa shape index (κ3) is 5.66. The zero-order chi connectivity index (χ0) is 15.2. The Labute approximate surface area is 163 Å². The van der Waals surface area contributed by atoms with Crippen LogP contribution in [0.4, 0.5) is 0 Å². The molecule has 3 aliphatic rings. The minimum absolute atomic E-state index is 0. The van der Waals surface area contributed by atoms with Crippen LogP contribution < -0.4 is 5.32 Å². The SMILES string of the molecule is CN=C(NCC1CCSCC1)N1CCC(N2CCCCC2)C1.I. The van der Waals surface area contributed by atoms with E-state index in [4.69, 9.17) is 0 Å². The van der Waals surface area contributed by atoms with E-state index in [0.717, 1.165) is 24.5 Å². The summed E-state index contributed by atoms with van der Waals surface area (Å²) in [5.74, 6) is 4.66. The van der Waals surface area contributed by atoms with Crippen molar-refractivity contribution in [1.82, 2.24) is 15.1 Å². The van der Waals surface area contributed by atoms with Crippen molar-refractivity contribution in [2.24, 2.45) is 10.9 Å². The highest BCUT2D eigenvalue weighted by molar-refractivity contribution is 14.0. The third-order valence-electron chi connectivity index (χ3n) is 5.47. The number of aliphatic imine (C=N–C) groups is 1. The summed E-state index contributed by atoms with van der Waals surface area (Å²) in [6.45, 7) is 6.06. The highest BCUT2D eigenvalue weighted by Gasteiger charge is 2.30. The highest BCUT2D eigenvalue weighted by atomic mass is 127. The molecule has 3 rings (SSSR count). The van der Waals surface area contributed by atoms with E-state index in [1.807, 2.05) is 7.05 Å². The Bertz CT molecular complexity index is 368. The van der Waals surface area contributed by atoms with E-state index in [1.54, 1.807) is 0 Å². The second-order valence-electron chi connectivity index (χ2n) is 6.97. The van der Waals surface area contributed by atoms with Crippen LogP contribution in [0.5, 0.6) is 0 Å². The van der Waals surface area contributed by atoms with Crippen molar-refractivity contribution in [3.63, 3.8) is 0 Å². The van der Waals surface area contributed by atoms with Crippen LogP contribution in [-0.2, 0) is 0 Å². The molecule has 0 amide bonds. The van der Waals surface area contributed by atoms with Crippen molar-refractivity contribution in [2.75, 3.05) is 51.3 Å². The van der Waals surface area contributed by atoms with Crippen LogP contribution in [0.15, 0.2) is 4.99 Å². The molecule has 134 valence electrons. The molecule has 1 atom stereocenters. The smallest absolute Gasteiger partial charge is 0.193 e. The molecule has 1 N–H and O–H groups in total. The number of rotatable bonds is 3. The molecule has 0 aromatic carbocycles. The van der Waals surface area contributed by atoms with Crippen molar-refractivity contribution >= 4 is 41.7 Å². The first kappa shape index (κ1) is 19.6. The number of hydrogen-bond acceptors (Lipinski definition) is 3. The lowest BCUT2D eigenvalue weighted by Gasteiger charge is -2.32. The minimum atomic E-state index is 0. The molecule has 3 aliphatic heterocycles. The molecule has 0 aromatic rings. The van der Waals surface area contributed by atoms with Crippen LogP contribution in [0.25, 0.3) is 0 Å². The number of hydrogen-bond donors (Lipinski definition) is 1. The number of likely N-dealkylation sites (tertiary alicyclic amines) is 2. The van der Waals surface area contributed by atoms with Gasteiger partial charge in [0.2, 0.25) is 0 Å². The van der Waals surface area contributed by atoms with E-state index in [2.05, 4.69) is 31.9 Å². The molecule has 23 heavy (non-hydrogen) atoms. The van der Waals surface area contributed by atoms with Crippen molar-refractivity contribution in [2.45, 2.75) is 44.6 Å². The van der Waals surface area contributed by atoms with Crippen LogP contribution in [0, 0.1) is 5.92 Å². The first-order valence-electron chi connectivity index (χ1n) is 9.14. The molecule has 0 aliphatic carbocycles. The van der Waals surface area contributed by atoms with Gasteiger partial charge in [-0.15, -0.1) is 24.0 Å². The lowest BCUT2D eigenvalue weighted by molar-refractivity contribution is 0.168. The van der Waals surface area contributed by atoms with Gasteiger partial charge in [-0.25, -0.2) is 0 Å². The molecule has 3 heterocycles. The molecule has 1 unspecified atom stereocenters. The molecule has 4 nitrogen and oxygen atoms in total. The predicted octanol–water partition coefficient (Wildman–Crippen LogP) is 2.88. The van der Waals surface area contributed by atoms with Gasteiger partial charge in [-0.1, -0.05) is 6.42 Å². The van der Waals surface area contributed by atoms with E-state index < -0.39 is 0 Å². The Morgan fingerprint density at radius 1 is 1.09 bits per heavy atom. The van der Waals surface area contributed by atoms with Gasteiger partial charge >= 0.3 is 0 Å². The fourth-order valence-corrected chi connectivity index (χ4v) is 5.24. The number of thioether (sulfide) groups is 1. The second-order valence-corrected chi connectivity index (χ2v) is 8.19. The lowest BCUT2D eigenvalue weighted by Crippen LogP contribution is -2.45. The summed E-state index contributed by atoms with van der Waals surface area (Å²) in [5, 5.41) is 3.65. The van der Waals surface area contributed by atoms with Gasteiger partial charge in [-0.2, -0.15) is 11.8 Å². The van der Waals surface area contributed by atoms with Gasteiger partial charge in [0, 0.05) is 32.7 Å². The van der Waals surface area contributed by atoms with Gasteiger partial charge < -0.3 is 10.2 Å². The Hall–Kier alpha value is 0.310. The van der Waals surface area contributed by atoms with Crippen molar-refractivity contribution in [3.05, 3.63) is 0 Å². The van der Waals surface area contributed by atoms with E-state index >= 15 is 0 Å². The average Bonchev–Trinajstić information content (AvgIpc) is 3.07. The Morgan fingerprint density at radius 2 is 1.83 bits per heavy atom. The van der Waals surface area contributed by atoms with E-state index in [9.17, 15) is 0 Å². The molecule has 0 bridgehead atoms. The minimum Gasteiger partial charge on any atom is -0.356 e. The van der Waals surface area contributed by atoms with Gasteiger partial charge in [0.25, 0.3) is 0 Å². The van der Waals surface area contributed by atoms with E-state index in [0.29, 0.717) is 0 Å². The normalized spacial score (nSPS) is 27.8. The maximum absolute atomic E-state index is 4.54. The fraction of sp³-hybridized carbons (Fsp3) is 0.941. The lowest BCUT2D eigenvalue weighted by atomic mass is 10.0. The molecule has 3 fully saturated rings. The van der Waals surface area contributed by atoms with Crippen molar-refractivity contribution in [1.29, 1.82) is 0 Å². The summed E-state index contributed by atoms with van der Waals surface area (Å²) in [5.41, 5.74) is 0. The third-order valence-corrected chi connectivity index (χ3v) is 6.52. The van der Waals surface area contributed by atoms with Crippen molar-refractivity contribution in [3.8, 4) is 0 Å². The number of guanidine groups is 1. The van der Waals surface area contributed by atoms with Crippen LogP contribution in [0.2, 0.25) is 0 Å². The van der Waals surface area contributed by atoms with E-state index in [-0.39, 0.29) is 24.0 Å². The number of nitrogens with one attached hydrogen (secondary N) is 1.